The number of hydrogen-bond acceptors (Lipinski definition) is 0. The van der Waals surface area contributed by atoms with E-state index in [4.69, 9.17) is 0 Å². The molecule has 2 aromatic heterocycles. The van der Waals surface area contributed by atoms with E-state index in [9.17, 15) is 0 Å². The highest BCUT2D eigenvalue weighted by molar-refractivity contribution is 6.29. The molecule has 0 aliphatic rings. The van der Waals surface area contributed by atoms with Crippen molar-refractivity contribution in [2.45, 2.75) is 0 Å². The average Bonchev–Trinajstić information content (AvgIpc) is 1.55. The lowest BCUT2D eigenvalue weighted by Crippen LogP contribution is -1.94. The van der Waals surface area contributed by atoms with Gasteiger partial charge in [-0.05, 0) is 317 Å². The smallest absolute Gasteiger partial charge is 0.0547 e. The van der Waals surface area contributed by atoms with Gasteiger partial charge < -0.3 is 9.13 Å². The molecule has 26 aromatic rings. The van der Waals surface area contributed by atoms with Gasteiger partial charge in [-0.15, -0.1) is 0 Å². The van der Waals surface area contributed by atoms with Gasteiger partial charge >= 0.3 is 0 Å². The summed E-state index contributed by atoms with van der Waals surface area (Å²) in [4.78, 5) is 0. The molecular formula is C122H74N2. The topological polar surface area (TPSA) is 9.86 Å². The molecule has 0 aliphatic carbocycles. The second-order valence-corrected chi connectivity index (χ2v) is 33.7. The Morgan fingerprint density at radius 2 is 0.363 bits per heavy atom. The van der Waals surface area contributed by atoms with E-state index in [1.165, 1.54) is 251 Å². The lowest BCUT2D eigenvalue weighted by Gasteiger charge is -2.16. The zero-order valence-electron chi connectivity index (χ0n) is 67.6. The van der Waals surface area contributed by atoms with Crippen LogP contribution in [0.1, 0.15) is 0 Å². The maximum Gasteiger partial charge on any atom is 0.0547 e. The van der Waals surface area contributed by atoms with E-state index in [1.54, 1.807) is 0 Å². The number of nitrogens with zero attached hydrogens (tertiary/aromatic N) is 2. The van der Waals surface area contributed by atoms with E-state index in [0.717, 1.165) is 11.4 Å². The minimum absolute atomic E-state index is 1.13. The first-order valence-corrected chi connectivity index (χ1v) is 43.1. The Bertz CT molecular complexity index is 8950. The van der Waals surface area contributed by atoms with Crippen molar-refractivity contribution in [1.82, 2.24) is 9.13 Å². The molecule has 0 N–H and O–H groups in total. The van der Waals surface area contributed by atoms with Crippen LogP contribution in [0, 0.1) is 0 Å². The molecule has 0 radical (unpaired) electrons. The first-order valence-electron chi connectivity index (χ1n) is 43.1. The summed E-state index contributed by atoms with van der Waals surface area (Å²) in [5.74, 6) is 0. The Labute approximate surface area is 715 Å². The van der Waals surface area contributed by atoms with Gasteiger partial charge in [-0.1, -0.05) is 340 Å². The van der Waals surface area contributed by atoms with Crippen molar-refractivity contribution in [2.75, 3.05) is 0 Å². The van der Waals surface area contributed by atoms with Gasteiger partial charge in [0.25, 0.3) is 0 Å². The summed E-state index contributed by atoms with van der Waals surface area (Å²) in [6.07, 6.45) is 0. The first kappa shape index (κ1) is 69.7. The van der Waals surface area contributed by atoms with Gasteiger partial charge in [0.15, 0.2) is 0 Å². The van der Waals surface area contributed by atoms with Gasteiger partial charge in [-0.25, -0.2) is 0 Å². The van der Waals surface area contributed by atoms with E-state index in [-0.39, 0.29) is 0 Å². The van der Waals surface area contributed by atoms with Crippen LogP contribution >= 0.6 is 0 Å². The van der Waals surface area contributed by atoms with Crippen molar-refractivity contribution < 1.29 is 0 Å². The molecule has 0 fully saturated rings. The lowest BCUT2D eigenvalue weighted by atomic mass is 9.88. The average molecular weight is 1570 g/mol. The summed E-state index contributed by atoms with van der Waals surface area (Å²) in [6.45, 7) is 0. The van der Waals surface area contributed by atoms with Crippen molar-refractivity contribution >= 4 is 162 Å². The molecule has 0 saturated carbocycles. The number of hydrogen-bond donors (Lipinski definition) is 0. The van der Waals surface area contributed by atoms with Crippen LogP contribution in [-0.4, -0.2) is 9.13 Å². The van der Waals surface area contributed by atoms with Crippen LogP contribution in [0.4, 0.5) is 0 Å². The van der Waals surface area contributed by atoms with Crippen molar-refractivity contribution in [2.24, 2.45) is 0 Å². The number of rotatable bonds is 10. The third-order valence-electron chi connectivity index (χ3n) is 27.0. The summed E-state index contributed by atoms with van der Waals surface area (Å²) >= 11 is 0. The molecule has 0 aliphatic heterocycles. The molecule has 2 heterocycles. The van der Waals surface area contributed by atoms with Crippen LogP contribution in [-0.2, 0) is 0 Å². The summed E-state index contributed by atoms with van der Waals surface area (Å²) in [5.41, 5.74) is 26.2. The number of fused-ring (bicyclic) bond motifs is 26. The Morgan fingerprint density at radius 3 is 0.831 bits per heavy atom. The van der Waals surface area contributed by atoms with E-state index in [1.807, 2.05) is 0 Å². The minimum atomic E-state index is 1.13. The zero-order valence-corrected chi connectivity index (χ0v) is 67.6. The highest BCUT2D eigenvalue weighted by Crippen LogP contribution is 2.48. The molecule has 0 spiro atoms. The van der Waals surface area contributed by atoms with Crippen LogP contribution in [0.2, 0.25) is 0 Å². The van der Waals surface area contributed by atoms with E-state index < -0.39 is 0 Å². The van der Waals surface area contributed by atoms with Gasteiger partial charge in [0.05, 0.1) is 22.1 Å². The van der Waals surface area contributed by atoms with Crippen molar-refractivity contribution in [1.29, 1.82) is 0 Å². The van der Waals surface area contributed by atoms with E-state index in [2.05, 4.69) is 458 Å². The third kappa shape index (κ3) is 11.0. The van der Waals surface area contributed by atoms with Gasteiger partial charge in [0, 0.05) is 32.9 Å². The predicted octanol–water partition coefficient (Wildman–Crippen LogP) is 33.9. The molecule has 26 rings (SSSR count). The predicted molar refractivity (Wildman–Crippen MR) is 531 cm³/mol. The normalized spacial score (nSPS) is 12.0. The number of aromatic nitrogens is 2. The Hall–Kier alpha value is -16.3. The monoisotopic (exact) mass is 1570 g/mol. The fourth-order valence-electron chi connectivity index (χ4n) is 21.1. The molecule has 0 unspecified atom stereocenters. The van der Waals surface area contributed by atoms with Crippen molar-refractivity contribution in [3.05, 3.63) is 449 Å². The second-order valence-electron chi connectivity index (χ2n) is 33.7. The summed E-state index contributed by atoms with van der Waals surface area (Å²) in [7, 11) is 0. The molecule has 2 nitrogen and oxygen atoms in total. The molecule has 124 heavy (non-hydrogen) atoms. The highest BCUT2D eigenvalue weighted by Gasteiger charge is 2.22. The van der Waals surface area contributed by atoms with E-state index >= 15 is 0 Å². The van der Waals surface area contributed by atoms with Gasteiger partial charge in [0.1, 0.15) is 0 Å². The van der Waals surface area contributed by atoms with Crippen LogP contribution < -0.4 is 0 Å². The molecule has 0 amide bonds. The van der Waals surface area contributed by atoms with Crippen LogP contribution in [0.5, 0.6) is 0 Å². The molecular weight excluding hydrogens is 1490 g/mol. The lowest BCUT2D eigenvalue weighted by molar-refractivity contribution is 1.18. The van der Waals surface area contributed by atoms with Crippen LogP contribution in [0.25, 0.3) is 262 Å². The Kier molecular flexibility index (Phi) is 15.5. The fraction of sp³-hybridized carbons (Fsp3) is 0. The van der Waals surface area contributed by atoms with Crippen LogP contribution in [0.3, 0.4) is 0 Å². The second kappa shape index (κ2) is 27.7. The fourth-order valence-corrected chi connectivity index (χ4v) is 21.1. The standard InChI is InChI=1S/C122H74N2/c1-2-23-91(24-3-1)124-119-38-16-14-34-110(119)112-62-52-86(74-122(112)124)76-42-40-75(41-43-76)80-47-57-106-109-60-50-83(71-116(109)104-33-13-11-31-102(104)113(106)68-80)84-53-63-121-118(73-84)111-35-15-17-39-120(111)123(121)92-54-44-77(45-55-92)81-48-58-107-108-59-49-82(70-115(108)103-32-12-10-30-101(103)114(107)69-81)79-46-56-96-87(64-79)22-19-37-95(96)90-66-88(65-89(67-90)94-36-18-21-78-20-4-5-25-93(78)94)85-51-61-105-99-28-7-6-26-97(99)98-27-8-9-29-100(98)117(105)72-85/h1-74H. The largest absolute Gasteiger partial charge is 0.309 e. The Morgan fingerprint density at radius 1 is 0.105 bits per heavy atom. The third-order valence-corrected chi connectivity index (χ3v) is 27.0. The summed E-state index contributed by atoms with van der Waals surface area (Å²) in [5, 5.41) is 32.6. The highest BCUT2D eigenvalue weighted by atomic mass is 15.0. The molecule has 0 bridgehead atoms. The Balaban J connectivity index is 0.500. The summed E-state index contributed by atoms with van der Waals surface area (Å²) in [6, 6.07) is 168. The zero-order chi connectivity index (χ0) is 81.2. The van der Waals surface area contributed by atoms with Gasteiger partial charge in [-0.2, -0.15) is 0 Å². The number of benzene rings is 24. The molecule has 24 aromatic carbocycles. The quantitative estimate of drug-likeness (QED) is 0.121. The van der Waals surface area contributed by atoms with Crippen LogP contribution in [0.15, 0.2) is 449 Å². The first-order chi connectivity index (χ1) is 61.4. The number of para-hydroxylation sites is 3. The minimum Gasteiger partial charge on any atom is -0.309 e. The molecule has 0 atom stereocenters. The SMILES string of the molecule is c1ccc(-n2c3ccccc3c3ccc(-c4ccc(-c5ccc6c7ccc(-c8ccc9c(c8)c8ccccc8n9-c8ccc(-c9ccc%10c%11ccc(-c%12ccc%13c(-c%14cc(-c%15ccc%16c%17ccccc%17c%17ccccc%17c%16c%15)cc(-c%15cccc%16ccccc%15%16)c%14)cccc%13c%12)cc%11c%11ccccc%11c%10c9)cc8)cc7c7ccccc7c6c5)cc4)cc32)cc1. The summed E-state index contributed by atoms with van der Waals surface area (Å²) < 4.78 is 4.83. The van der Waals surface area contributed by atoms with Gasteiger partial charge in [-0.3, -0.25) is 0 Å². The maximum absolute atomic E-state index is 2.44. The molecule has 2 heteroatoms. The maximum atomic E-state index is 2.44. The van der Waals surface area contributed by atoms with Crippen molar-refractivity contribution in [3.63, 3.8) is 0 Å². The van der Waals surface area contributed by atoms with Crippen molar-refractivity contribution in [3.8, 4) is 100 Å². The molecule has 0 saturated heterocycles. The van der Waals surface area contributed by atoms with Gasteiger partial charge in [0.2, 0.25) is 0 Å². The van der Waals surface area contributed by atoms with E-state index in [0.29, 0.717) is 0 Å². The molecule has 572 valence electrons.